The van der Waals surface area contributed by atoms with Gasteiger partial charge in [-0.05, 0) is 55.0 Å². The molecule has 2 aliphatic rings. The number of ketones is 1. The van der Waals surface area contributed by atoms with E-state index in [1.807, 2.05) is 6.07 Å². The summed E-state index contributed by atoms with van der Waals surface area (Å²) < 4.78 is 0. The van der Waals surface area contributed by atoms with Crippen LogP contribution in [0.25, 0.3) is 0 Å². The van der Waals surface area contributed by atoms with Crippen molar-refractivity contribution < 1.29 is 9.72 Å². The molecule has 1 aliphatic heterocycles. The highest BCUT2D eigenvalue weighted by Gasteiger charge is 2.42. The molecular formula is C24H27N3O3. The first-order chi connectivity index (χ1) is 14.1. The number of carbonyl (C=O) groups excluding carboxylic acids is 1. The summed E-state index contributed by atoms with van der Waals surface area (Å²) in [5.74, 6) is -0.305. The second-order valence-electron chi connectivity index (χ2n) is 9.24. The van der Waals surface area contributed by atoms with Crippen LogP contribution in [0.3, 0.4) is 0 Å². The molecule has 0 bridgehead atoms. The smallest absolute Gasteiger partial charge is 0.272 e. The van der Waals surface area contributed by atoms with Crippen LogP contribution in [-0.2, 0) is 4.79 Å². The predicted octanol–water partition coefficient (Wildman–Crippen LogP) is 5.60. The van der Waals surface area contributed by atoms with Crippen molar-refractivity contribution in [3.05, 3.63) is 74.5 Å². The summed E-state index contributed by atoms with van der Waals surface area (Å²) in [6.07, 6.45) is 2.57. The standard InChI is InChI=1S/C24H27N3O3/c1-13-6-7-16(10-20(13)27(29)30)23-22-19(11-24(4,5)12-21(22)28)25-17-8-14(2)15(3)9-18(17)26-23/h6-11,22-23,25-26H,12H2,1-5H3/t22-,23+/m1/s1. The van der Waals surface area contributed by atoms with Crippen LogP contribution in [0.2, 0.25) is 0 Å². The summed E-state index contributed by atoms with van der Waals surface area (Å²) in [5.41, 5.74) is 6.15. The van der Waals surface area contributed by atoms with Gasteiger partial charge in [0.25, 0.3) is 5.69 Å². The number of hydrogen-bond donors (Lipinski definition) is 2. The van der Waals surface area contributed by atoms with E-state index in [1.54, 1.807) is 19.1 Å². The molecule has 0 spiro atoms. The Kier molecular flexibility index (Phi) is 4.68. The largest absolute Gasteiger partial charge is 0.375 e. The van der Waals surface area contributed by atoms with Crippen molar-refractivity contribution in [3.8, 4) is 0 Å². The van der Waals surface area contributed by atoms with E-state index < -0.39 is 12.0 Å². The molecule has 30 heavy (non-hydrogen) atoms. The van der Waals surface area contributed by atoms with Gasteiger partial charge in [-0.25, -0.2) is 0 Å². The van der Waals surface area contributed by atoms with E-state index in [4.69, 9.17) is 0 Å². The number of aryl methyl sites for hydroxylation is 3. The average molecular weight is 405 g/mol. The minimum Gasteiger partial charge on any atom is -0.375 e. The number of nitro benzene ring substituents is 1. The van der Waals surface area contributed by atoms with E-state index in [0.29, 0.717) is 12.0 Å². The lowest BCUT2D eigenvalue weighted by molar-refractivity contribution is -0.385. The van der Waals surface area contributed by atoms with E-state index in [-0.39, 0.29) is 21.8 Å². The molecule has 0 amide bonds. The maximum absolute atomic E-state index is 13.3. The highest BCUT2D eigenvalue weighted by atomic mass is 16.6. The van der Waals surface area contributed by atoms with Gasteiger partial charge < -0.3 is 10.6 Å². The van der Waals surface area contributed by atoms with Crippen LogP contribution in [0.1, 0.15) is 48.6 Å². The number of nitro groups is 1. The Labute approximate surface area is 176 Å². The molecule has 0 unspecified atom stereocenters. The fourth-order valence-electron chi connectivity index (χ4n) is 4.51. The van der Waals surface area contributed by atoms with E-state index in [0.717, 1.165) is 33.8 Å². The first-order valence-corrected chi connectivity index (χ1v) is 10.2. The first-order valence-electron chi connectivity index (χ1n) is 10.2. The van der Waals surface area contributed by atoms with Crippen molar-refractivity contribution in [1.82, 2.24) is 0 Å². The molecule has 2 aromatic rings. The van der Waals surface area contributed by atoms with Crippen LogP contribution in [0.4, 0.5) is 17.1 Å². The van der Waals surface area contributed by atoms with Gasteiger partial charge in [0, 0.05) is 23.7 Å². The van der Waals surface area contributed by atoms with Crippen LogP contribution in [-0.4, -0.2) is 10.7 Å². The maximum Gasteiger partial charge on any atom is 0.272 e. The lowest BCUT2D eigenvalue weighted by Crippen LogP contribution is -2.36. The van der Waals surface area contributed by atoms with Gasteiger partial charge in [0.05, 0.1) is 28.3 Å². The Morgan fingerprint density at radius 1 is 1.03 bits per heavy atom. The van der Waals surface area contributed by atoms with E-state index in [9.17, 15) is 14.9 Å². The van der Waals surface area contributed by atoms with Gasteiger partial charge in [0.15, 0.2) is 0 Å². The zero-order valence-corrected chi connectivity index (χ0v) is 18.0. The van der Waals surface area contributed by atoms with E-state index in [2.05, 4.69) is 56.5 Å². The highest BCUT2D eigenvalue weighted by Crippen LogP contribution is 2.46. The molecule has 2 N–H and O–H groups in total. The normalized spacial score (nSPS) is 22.0. The number of carbonyl (C=O) groups is 1. The van der Waals surface area contributed by atoms with Crippen LogP contribution in [0.5, 0.6) is 0 Å². The van der Waals surface area contributed by atoms with E-state index in [1.165, 1.54) is 0 Å². The Morgan fingerprint density at radius 3 is 2.37 bits per heavy atom. The third-order valence-electron chi connectivity index (χ3n) is 6.20. The fraction of sp³-hybridized carbons (Fsp3) is 0.375. The third-order valence-corrected chi connectivity index (χ3v) is 6.20. The molecule has 0 saturated carbocycles. The molecule has 4 rings (SSSR count). The number of nitrogens with zero attached hydrogens (tertiary/aromatic N) is 1. The van der Waals surface area contributed by atoms with Crippen LogP contribution in [0.15, 0.2) is 42.1 Å². The van der Waals surface area contributed by atoms with Crippen molar-refractivity contribution in [2.24, 2.45) is 11.3 Å². The first kappa shape index (κ1) is 20.1. The predicted molar refractivity (Wildman–Crippen MR) is 119 cm³/mol. The van der Waals surface area contributed by atoms with Crippen LogP contribution in [0, 0.1) is 42.2 Å². The molecule has 0 saturated heterocycles. The number of allylic oxidation sites excluding steroid dienone is 1. The average Bonchev–Trinajstić information content (AvgIpc) is 2.78. The zero-order chi connectivity index (χ0) is 21.8. The molecule has 6 nitrogen and oxygen atoms in total. The lowest BCUT2D eigenvalue weighted by Gasteiger charge is -2.35. The van der Waals surface area contributed by atoms with Crippen molar-refractivity contribution in [2.45, 2.75) is 47.1 Å². The molecular weight excluding hydrogens is 378 g/mol. The summed E-state index contributed by atoms with van der Waals surface area (Å²) in [4.78, 5) is 24.5. The van der Waals surface area contributed by atoms with Crippen LogP contribution >= 0.6 is 0 Å². The Hall–Kier alpha value is -3.15. The van der Waals surface area contributed by atoms with Gasteiger partial charge in [-0.1, -0.05) is 32.1 Å². The quantitative estimate of drug-likeness (QED) is 0.502. The minimum absolute atomic E-state index is 0.0703. The van der Waals surface area contributed by atoms with Crippen molar-refractivity contribution in [2.75, 3.05) is 10.6 Å². The van der Waals surface area contributed by atoms with Crippen molar-refractivity contribution >= 4 is 22.8 Å². The molecule has 1 aliphatic carbocycles. The number of nitrogens with one attached hydrogen (secondary N) is 2. The number of fused-ring (bicyclic) bond motifs is 2. The number of benzene rings is 2. The topological polar surface area (TPSA) is 84.3 Å². The summed E-state index contributed by atoms with van der Waals surface area (Å²) in [7, 11) is 0. The van der Waals surface area contributed by atoms with Gasteiger partial charge in [-0.3, -0.25) is 14.9 Å². The second-order valence-corrected chi connectivity index (χ2v) is 9.24. The lowest BCUT2D eigenvalue weighted by atomic mass is 9.72. The molecule has 2 aromatic carbocycles. The Morgan fingerprint density at radius 2 is 1.70 bits per heavy atom. The monoisotopic (exact) mass is 405 g/mol. The SMILES string of the molecule is Cc1cc2c(cc1C)N[C@@H](c1ccc(C)c([N+](=O)[O-])c1)[C@H]1C(=O)CC(C)(C)C=C1N2. The Balaban J connectivity index is 1.92. The maximum atomic E-state index is 13.3. The molecule has 0 aromatic heterocycles. The highest BCUT2D eigenvalue weighted by molar-refractivity contribution is 5.90. The minimum atomic E-state index is -0.437. The third kappa shape index (κ3) is 3.47. The van der Waals surface area contributed by atoms with Crippen molar-refractivity contribution in [3.63, 3.8) is 0 Å². The summed E-state index contributed by atoms with van der Waals surface area (Å²) >= 11 is 0. The fourth-order valence-corrected chi connectivity index (χ4v) is 4.51. The number of hydrogen-bond acceptors (Lipinski definition) is 5. The summed E-state index contributed by atoms with van der Waals surface area (Å²) in [6.45, 7) is 9.95. The Bertz CT molecular complexity index is 1100. The van der Waals surface area contributed by atoms with Crippen molar-refractivity contribution in [1.29, 1.82) is 0 Å². The summed E-state index contributed by atoms with van der Waals surface area (Å²) in [5, 5.41) is 18.6. The van der Waals surface area contributed by atoms with E-state index >= 15 is 0 Å². The van der Waals surface area contributed by atoms with Gasteiger partial charge in [0.1, 0.15) is 5.78 Å². The van der Waals surface area contributed by atoms with Gasteiger partial charge in [0.2, 0.25) is 0 Å². The summed E-state index contributed by atoms with van der Waals surface area (Å²) in [6, 6.07) is 9.01. The number of Topliss-reactive ketones (excluding diaryl/α,β-unsaturated/α-hetero) is 1. The number of rotatable bonds is 2. The zero-order valence-electron chi connectivity index (χ0n) is 18.0. The van der Waals surface area contributed by atoms with Gasteiger partial charge in [-0.2, -0.15) is 0 Å². The number of anilines is 2. The molecule has 2 atom stereocenters. The molecule has 6 heteroatoms. The molecule has 156 valence electrons. The molecule has 0 fully saturated rings. The second kappa shape index (κ2) is 6.97. The molecule has 1 heterocycles. The van der Waals surface area contributed by atoms with Gasteiger partial charge >= 0.3 is 0 Å². The molecule has 0 radical (unpaired) electrons. The van der Waals surface area contributed by atoms with Gasteiger partial charge in [-0.15, -0.1) is 0 Å². The van der Waals surface area contributed by atoms with Crippen LogP contribution < -0.4 is 10.6 Å².